The Hall–Kier alpha value is -2.72. The van der Waals surface area contributed by atoms with Crippen molar-refractivity contribution in [3.05, 3.63) is 53.6 Å². The highest BCUT2D eigenvalue weighted by atomic mass is 32.2. The molecule has 0 aromatic heterocycles. The molecule has 0 unspecified atom stereocenters. The van der Waals surface area contributed by atoms with Crippen molar-refractivity contribution in [2.75, 3.05) is 37.6 Å². The summed E-state index contributed by atoms with van der Waals surface area (Å²) in [5.41, 5.74) is 2.69. The third-order valence-corrected chi connectivity index (χ3v) is 7.65. The van der Waals surface area contributed by atoms with Gasteiger partial charge in [-0.2, -0.15) is 13.1 Å². The molecule has 3 rings (SSSR count). The van der Waals surface area contributed by atoms with Crippen LogP contribution in [0.25, 0.3) is 0 Å². The second-order valence-electron chi connectivity index (χ2n) is 7.67. The van der Waals surface area contributed by atoms with Gasteiger partial charge >= 0.3 is 6.61 Å². The average Bonchev–Trinajstić information content (AvgIpc) is 3.17. The Morgan fingerprint density at radius 2 is 1.85 bits per heavy atom. The number of anilines is 1. The first-order chi connectivity index (χ1) is 15.7. The zero-order chi connectivity index (χ0) is 24.0. The number of hydrogen-bond donors (Lipinski definition) is 1. The highest BCUT2D eigenvalue weighted by Crippen LogP contribution is 2.30. The Labute approximate surface area is 193 Å². The molecule has 33 heavy (non-hydrogen) atoms. The molecule has 0 atom stereocenters. The summed E-state index contributed by atoms with van der Waals surface area (Å²) in [5.74, 6) is -0.0427. The molecule has 7 nitrogen and oxygen atoms in total. The van der Waals surface area contributed by atoms with E-state index in [-0.39, 0.29) is 23.1 Å². The first-order valence-electron chi connectivity index (χ1n) is 10.9. The van der Waals surface area contributed by atoms with Gasteiger partial charge < -0.3 is 15.0 Å². The summed E-state index contributed by atoms with van der Waals surface area (Å²) in [4.78, 5) is 14.6. The Morgan fingerprint density at radius 1 is 1.15 bits per heavy atom. The van der Waals surface area contributed by atoms with Gasteiger partial charge in [-0.05, 0) is 54.3 Å². The summed E-state index contributed by atoms with van der Waals surface area (Å²) in [6, 6.07) is 11.4. The van der Waals surface area contributed by atoms with E-state index in [0.29, 0.717) is 39.0 Å². The van der Waals surface area contributed by atoms with Crippen molar-refractivity contribution < 1.29 is 26.7 Å². The molecule has 1 amide bonds. The van der Waals surface area contributed by atoms with E-state index in [0.717, 1.165) is 16.8 Å². The van der Waals surface area contributed by atoms with E-state index < -0.39 is 16.6 Å². The molecule has 0 saturated carbocycles. The number of fused-ring (bicyclic) bond motifs is 1. The minimum absolute atomic E-state index is 0.0959. The molecule has 0 spiro atoms. The summed E-state index contributed by atoms with van der Waals surface area (Å²) >= 11 is 0. The smallest absolute Gasteiger partial charge is 0.387 e. The van der Waals surface area contributed by atoms with Crippen molar-refractivity contribution >= 4 is 21.6 Å². The third-order valence-electron chi connectivity index (χ3n) is 5.60. The van der Waals surface area contributed by atoms with Gasteiger partial charge in [0.05, 0.1) is 11.4 Å². The van der Waals surface area contributed by atoms with E-state index >= 15 is 0 Å². The summed E-state index contributed by atoms with van der Waals surface area (Å²) < 4.78 is 55.7. The van der Waals surface area contributed by atoms with Crippen LogP contribution in [-0.2, 0) is 27.7 Å². The van der Waals surface area contributed by atoms with Crippen molar-refractivity contribution in [3.63, 3.8) is 0 Å². The van der Waals surface area contributed by atoms with Gasteiger partial charge in [0.2, 0.25) is 15.9 Å². The average molecular weight is 482 g/mol. The second kappa shape index (κ2) is 10.9. The van der Waals surface area contributed by atoms with Gasteiger partial charge in [-0.3, -0.25) is 4.79 Å². The minimum atomic E-state index is -3.52. The number of sulfonamides is 1. The SMILES string of the molecule is CCN(CC)S(=O)(=O)c1ccc2c(c1)CCN2CC(=O)NCCc1ccc(OC(F)F)cc1. The van der Waals surface area contributed by atoms with Gasteiger partial charge in [0.25, 0.3) is 0 Å². The second-order valence-corrected chi connectivity index (χ2v) is 9.61. The number of hydrogen-bond acceptors (Lipinski definition) is 5. The quantitative estimate of drug-likeness (QED) is 0.534. The molecule has 0 radical (unpaired) electrons. The number of amides is 1. The van der Waals surface area contributed by atoms with Gasteiger partial charge in [0.15, 0.2) is 0 Å². The number of benzene rings is 2. The fraction of sp³-hybridized carbons (Fsp3) is 0.435. The first kappa shape index (κ1) is 24.9. The minimum Gasteiger partial charge on any atom is -0.435 e. The topological polar surface area (TPSA) is 79.0 Å². The van der Waals surface area contributed by atoms with Crippen molar-refractivity contribution in [1.29, 1.82) is 0 Å². The maximum Gasteiger partial charge on any atom is 0.387 e. The molecule has 0 fully saturated rings. The molecule has 2 aromatic rings. The Morgan fingerprint density at radius 3 is 2.48 bits per heavy atom. The van der Waals surface area contributed by atoms with Crippen LogP contribution >= 0.6 is 0 Å². The lowest BCUT2D eigenvalue weighted by Gasteiger charge is -2.21. The maximum absolute atomic E-state index is 12.8. The summed E-state index contributed by atoms with van der Waals surface area (Å²) in [6.45, 7) is 2.82. The summed E-state index contributed by atoms with van der Waals surface area (Å²) in [7, 11) is -3.52. The van der Waals surface area contributed by atoms with Crippen LogP contribution in [0.1, 0.15) is 25.0 Å². The van der Waals surface area contributed by atoms with Crippen molar-refractivity contribution in [1.82, 2.24) is 9.62 Å². The van der Waals surface area contributed by atoms with Gasteiger partial charge in [-0.25, -0.2) is 8.42 Å². The van der Waals surface area contributed by atoms with E-state index in [2.05, 4.69) is 10.1 Å². The number of halogens is 2. The van der Waals surface area contributed by atoms with Crippen LogP contribution in [0.2, 0.25) is 0 Å². The van der Waals surface area contributed by atoms with Crippen LogP contribution in [0.4, 0.5) is 14.5 Å². The third kappa shape index (κ3) is 6.20. The highest BCUT2D eigenvalue weighted by molar-refractivity contribution is 7.89. The fourth-order valence-corrected chi connectivity index (χ4v) is 5.41. The van der Waals surface area contributed by atoms with Crippen LogP contribution in [0.5, 0.6) is 5.75 Å². The Bertz CT molecular complexity index is 1060. The molecule has 1 N–H and O–H groups in total. The lowest BCUT2D eigenvalue weighted by atomic mass is 10.1. The number of nitrogens with one attached hydrogen (secondary N) is 1. The standard InChI is InChI=1S/C23H29F2N3O4S/c1-3-28(4-2)33(30,31)20-9-10-21-18(15-20)12-14-27(21)16-22(29)26-13-11-17-5-7-19(8-6-17)32-23(24)25/h5-10,15,23H,3-4,11-14,16H2,1-2H3,(H,26,29). The van der Waals surface area contributed by atoms with E-state index in [1.165, 1.54) is 16.4 Å². The lowest BCUT2D eigenvalue weighted by Crippen LogP contribution is -2.37. The van der Waals surface area contributed by atoms with E-state index in [1.807, 2.05) is 18.7 Å². The van der Waals surface area contributed by atoms with Crippen molar-refractivity contribution in [2.24, 2.45) is 0 Å². The molecule has 0 bridgehead atoms. The zero-order valence-corrected chi connectivity index (χ0v) is 19.6. The predicted molar refractivity (Wildman–Crippen MR) is 122 cm³/mol. The first-order valence-corrected chi connectivity index (χ1v) is 12.4. The van der Waals surface area contributed by atoms with Gasteiger partial charge in [-0.15, -0.1) is 0 Å². The fourth-order valence-electron chi connectivity index (χ4n) is 3.90. The molecule has 0 aliphatic carbocycles. The van der Waals surface area contributed by atoms with E-state index in [9.17, 15) is 22.0 Å². The highest BCUT2D eigenvalue weighted by Gasteiger charge is 2.26. The molecule has 1 aliphatic heterocycles. The van der Waals surface area contributed by atoms with E-state index in [4.69, 9.17) is 0 Å². The zero-order valence-electron chi connectivity index (χ0n) is 18.8. The molecule has 1 aliphatic rings. The molecule has 10 heteroatoms. The normalized spacial score (nSPS) is 13.5. The predicted octanol–water partition coefficient (Wildman–Crippen LogP) is 3.04. The maximum atomic E-state index is 12.8. The van der Waals surface area contributed by atoms with Crippen LogP contribution in [0, 0.1) is 0 Å². The van der Waals surface area contributed by atoms with Crippen LogP contribution in [0.3, 0.4) is 0 Å². The number of rotatable bonds is 11. The summed E-state index contributed by atoms with van der Waals surface area (Å²) in [5, 5.41) is 2.87. The lowest BCUT2D eigenvalue weighted by molar-refractivity contribution is -0.119. The molecule has 1 heterocycles. The summed E-state index contributed by atoms with van der Waals surface area (Å²) in [6.07, 6.45) is 1.24. The largest absolute Gasteiger partial charge is 0.435 e. The van der Waals surface area contributed by atoms with Crippen LogP contribution < -0.4 is 15.0 Å². The molecule has 0 saturated heterocycles. The number of carbonyl (C=O) groups excluding carboxylic acids is 1. The van der Waals surface area contributed by atoms with Gasteiger partial charge in [0.1, 0.15) is 5.75 Å². The number of ether oxygens (including phenoxy) is 1. The number of carbonyl (C=O) groups is 1. The molecular weight excluding hydrogens is 452 g/mol. The molecule has 180 valence electrons. The Balaban J connectivity index is 1.53. The number of nitrogens with zero attached hydrogens (tertiary/aromatic N) is 2. The van der Waals surface area contributed by atoms with E-state index in [1.54, 1.807) is 30.3 Å². The van der Waals surface area contributed by atoms with Gasteiger partial charge in [-0.1, -0.05) is 26.0 Å². The molecular formula is C23H29F2N3O4S. The molecule has 2 aromatic carbocycles. The monoisotopic (exact) mass is 481 g/mol. The van der Waals surface area contributed by atoms with Crippen molar-refractivity contribution in [2.45, 2.75) is 38.2 Å². The Kier molecular flexibility index (Phi) is 8.25. The van der Waals surface area contributed by atoms with Crippen molar-refractivity contribution in [3.8, 4) is 5.75 Å². The number of alkyl halides is 2. The van der Waals surface area contributed by atoms with Crippen LogP contribution in [-0.4, -0.2) is 58.0 Å². The van der Waals surface area contributed by atoms with Gasteiger partial charge in [0, 0.05) is 31.9 Å². The van der Waals surface area contributed by atoms with Crippen LogP contribution in [0.15, 0.2) is 47.4 Å².